The molecule has 1 fully saturated rings. The maximum absolute atomic E-state index is 11.0. The molecule has 2 aromatic heterocycles. The molecule has 0 saturated carbocycles. The Labute approximate surface area is 138 Å². The number of rotatable bonds is 3. The number of imidazole rings is 1. The molecule has 1 saturated heterocycles. The Morgan fingerprint density at radius 1 is 1.25 bits per heavy atom. The lowest BCUT2D eigenvalue weighted by Gasteiger charge is -2.30. The van der Waals surface area contributed by atoms with Crippen LogP contribution in [0, 0.1) is 6.92 Å². The Kier molecular flexibility index (Phi) is 3.48. The van der Waals surface area contributed by atoms with E-state index >= 15 is 0 Å². The zero-order chi connectivity index (χ0) is 16.7. The quantitative estimate of drug-likeness (QED) is 0.773. The summed E-state index contributed by atoms with van der Waals surface area (Å²) < 4.78 is 1.46. The van der Waals surface area contributed by atoms with E-state index in [9.17, 15) is 4.79 Å². The first kappa shape index (κ1) is 14.7. The van der Waals surface area contributed by atoms with Gasteiger partial charge in [-0.2, -0.15) is 5.10 Å². The second kappa shape index (κ2) is 5.67. The van der Waals surface area contributed by atoms with Crippen molar-refractivity contribution in [1.82, 2.24) is 19.7 Å². The molecule has 0 radical (unpaired) electrons. The molecule has 2 N–H and O–H groups in total. The van der Waals surface area contributed by atoms with Gasteiger partial charge in [0, 0.05) is 25.0 Å². The lowest BCUT2D eigenvalue weighted by Crippen LogP contribution is -2.29. The van der Waals surface area contributed by atoms with Crippen molar-refractivity contribution in [1.29, 1.82) is 0 Å². The topological polar surface area (TPSA) is 87.0 Å². The van der Waals surface area contributed by atoms with Gasteiger partial charge in [-0.05, 0) is 43.9 Å². The Balaban J connectivity index is 1.73. The van der Waals surface area contributed by atoms with Gasteiger partial charge in [-0.3, -0.25) is 0 Å². The summed E-state index contributed by atoms with van der Waals surface area (Å²) in [4.78, 5) is 21.2. The van der Waals surface area contributed by atoms with E-state index in [1.165, 1.54) is 47.6 Å². The number of benzene rings is 1. The van der Waals surface area contributed by atoms with Crippen LogP contribution in [0.15, 0.2) is 24.5 Å². The predicted molar refractivity (Wildman–Crippen MR) is 91.0 cm³/mol. The van der Waals surface area contributed by atoms with E-state index < -0.39 is 5.97 Å². The van der Waals surface area contributed by atoms with Crippen molar-refractivity contribution in [2.24, 2.45) is 0 Å². The van der Waals surface area contributed by atoms with Crippen LogP contribution in [-0.4, -0.2) is 43.9 Å². The van der Waals surface area contributed by atoms with Crippen molar-refractivity contribution in [3.8, 4) is 5.95 Å². The highest BCUT2D eigenvalue weighted by atomic mass is 16.4. The molecular weight excluding hydrogens is 306 g/mol. The number of nitrogens with zero attached hydrogens (tertiary/aromatic N) is 4. The highest BCUT2D eigenvalue weighted by Crippen LogP contribution is 2.28. The lowest BCUT2D eigenvalue weighted by atomic mass is 10.1. The predicted octanol–water partition coefficient (Wildman–Crippen LogP) is 2.75. The summed E-state index contributed by atoms with van der Waals surface area (Å²) in [6.07, 6.45) is 6.54. The van der Waals surface area contributed by atoms with E-state index in [0.717, 1.165) is 24.1 Å². The average Bonchev–Trinajstić information content (AvgIpc) is 3.21. The van der Waals surface area contributed by atoms with Crippen LogP contribution < -0.4 is 4.90 Å². The minimum atomic E-state index is -0.999. The third-order valence-corrected chi connectivity index (χ3v) is 4.53. The Bertz CT molecular complexity index is 905. The fourth-order valence-electron chi connectivity index (χ4n) is 3.27. The van der Waals surface area contributed by atoms with E-state index in [1.54, 1.807) is 0 Å². The molecule has 4 rings (SSSR count). The number of fused-ring (bicyclic) bond motifs is 1. The SMILES string of the molecule is Cc1cc2[nH]c(-n3cc(C(=O)O)cn3)nc2cc1N1CCCCC1. The first-order valence-corrected chi connectivity index (χ1v) is 8.15. The Morgan fingerprint density at radius 2 is 2.04 bits per heavy atom. The molecule has 3 aromatic rings. The van der Waals surface area contributed by atoms with Crippen LogP contribution in [0.3, 0.4) is 0 Å². The summed E-state index contributed by atoms with van der Waals surface area (Å²) in [5.74, 6) is -0.478. The minimum Gasteiger partial charge on any atom is -0.478 e. The number of aromatic nitrogens is 4. The van der Waals surface area contributed by atoms with Gasteiger partial charge in [-0.1, -0.05) is 0 Å². The normalized spacial score (nSPS) is 15.1. The lowest BCUT2D eigenvalue weighted by molar-refractivity contribution is 0.0697. The minimum absolute atomic E-state index is 0.139. The molecule has 3 heterocycles. The highest BCUT2D eigenvalue weighted by molar-refractivity contribution is 5.87. The fourth-order valence-corrected chi connectivity index (χ4v) is 3.27. The molecular formula is C17H19N5O2. The monoisotopic (exact) mass is 325 g/mol. The largest absolute Gasteiger partial charge is 0.478 e. The maximum Gasteiger partial charge on any atom is 0.338 e. The number of carboxylic acid groups (broad SMARTS) is 1. The van der Waals surface area contributed by atoms with Crippen molar-refractivity contribution in [3.05, 3.63) is 35.7 Å². The number of piperidine rings is 1. The zero-order valence-corrected chi connectivity index (χ0v) is 13.5. The zero-order valence-electron chi connectivity index (χ0n) is 13.5. The van der Waals surface area contributed by atoms with E-state index in [-0.39, 0.29) is 5.56 Å². The van der Waals surface area contributed by atoms with Crippen LogP contribution in [0.5, 0.6) is 0 Å². The van der Waals surface area contributed by atoms with Crippen LogP contribution in [0.1, 0.15) is 35.2 Å². The summed E-state index contributed by atoms with van der Waals surface area (Å²) >= 11 is 0. The molecule has 1 aliphatic heterocycles. The fraction of sp³-hybridized carbons (Fsp3) is 0.353. The van der Waals surface area contributed by atoms with E-state index in [2.05, 4.69) is 39.0 Å². The van der Waals surface area contributed by atoms with Gasteiger partial charge >= 0.3 is 5.97 Å². The molecule has 0 aliphatic carbocycles. The highest BCUT2D eigenvalue weighted by Gasteiger charge is 2.16. The second-order valence-electron chi connectivity index (χ2n) is 6.24. The Morgan fingerprint density at radius 3 is 2.75 bits per heavy atom. The summed E-state index contributed by atoms with van der Waals surface area (Å²) in [6, 6.07) is 4.20. The molecule has 0 spiro atoms. The summed E-state index contributed by atoms with van der Waals surface area (Å²) in [5, 5.41) is 13.1. The van der Waals surface area contributed by atoms with E-state index in [1.807, 2.05) is 0 Å². The summed E-state index contributed by atoms with van der Waals surface area (Å²) in [7, 11) is 0. The number of hydrogen-bond donors (Lipinski definition) is 2. The van der Waals surface area contributed by atoms with Crippen molar-refractivity contribution < 1.29 is 9.90 Å². The van der Waals surface area contributed by atoms with Crippen molar-refractivity contribution in [2.45, 2.75) is 26.2 Å². The van der Waals surface area contributed by atoms with Gasteiger partial charge in [-0.25, -0.2) is 14.5 Å². The third kappa shape index (κ3) is 2.51. The van der Waals surface area contributed by atoms with Crippen LogP contribution in [0.25, 0.3) is 17.0 Å². The number of H-pyrrole nitrogens is 1. The second-order valence-corrected chi connectivity index (χ2v) is 6.24. The number of aryl methyl sites for hydroxylation is 1. The number of carboxylic acids is 1. The number of anilines is 1. The number of hydrogen-bond acceptors (Lipinski definition) is 4. The van der Waals surface area contributed by atoms with Crippen LogP contribution in [0.4, 0.5) is 5.69 Å². The van der Waals surface area contributed by atoms with Crippen molar-refractivity contribution in [2.75, 3.05) is 18.0 Å². The van der Waals surface area contributed by atoms with Gasteiger partial charge in [-0.15, -0.1) is 0 Å². The molecule has 7 heteroatoms. The molecule has 0 atom stereocenters. The van der Waals surface area contributed by atoms with Crippen molar-refractivity contribution >= 4 is 22.7 Å². The molecule has 7 nitrogen and oxygen atoms in total. The number of nitrogens with one attached hydrogen (secondary N) is 1. The van der Waals surface area contributed by atoms with E-state index in [4.69, 9.17) is 5.11 Å². The van der Waals surface area contributed by atoms with Gasteiger partial charge in [0.1, 0.15) is 0 Å². The standard InChI is InChI=1S/C17H19N5O2/c1-11-7-13-14(8-15(11)21-5-3-2-4-6-21)20-17(19-13)22-10-12(9-18-22)16(23)24/h7-10H,2-6H2,1H3,(H,19,20)(H,23,24). The maximum atomic E-state index is 11.0. The van der Waals surface area contributed by atoms with Gasteiger partial charge < -0.3 is 15.0 Å². The van der Waals surface area contributed by atoms with E-state index in [0.29, 0.717) is 5.95 Å². The molecule has 124 valence electrons. The molecule has 24 heavy (non-hydrogen) atoms. The van der Waals surface area contributed by atoms with Crippen LogP contribution in [-0.2, 0) is 0 Å². The number of aromatic carboxylic acids is 1. The molecule has 0 unspecified atom stereocenters. The first-order valence-electron chi connectivity index (χ1n) is 8.15. The van der Waals surface area contributed by atoms with Gasteiger partial charge in [0.05, 0.1) is 22.8 Å². The van der Waals surface area contributed by atoms with Gasteiger partial charge in [0.25, 0.3) is 0 Å². The van der Waals surface area contributed by atoms with Gasteiger partial charge in [0.2, 0.25) is 5.95 Å². The first-order chi connectivity index (χ1) is 11.6. The average molecular weight is 325 g/mol. The smallest absolute Gasteiger partial charge is 0.338 e. The number of carbonyl (C=O) groups is 1. The molecule has 0 bridgehead atoms. The number of aromatic amines is 1. The molecule has 1 aromatic carbocycles. The molecule has 1 aliphatic rings. The van der Waals surface area contributed by atoms with Crippen molar-refractivity contribution in [3.63, 3.8) is 0 Å². The molecule has 0 amide bonds. The third-order valence-electron chi connectivity index (χ3n) is 4.53. The Hall–Kier alpha value is -2.83. The summed E-state index contributed by atoms with van der Waals surface area (Å²) in [5.41, 5.74) is 4.37. The van der Waals surface area contributed by atoms with Crippen LogP contribution >= 0.6 is 0 Å². The van der Waals surface area contributed by atoms with Gasteiger partial charge in [0.15, 0.2) is 0 Å². The van der Waals surface area contributed by atoms with Crippen LogP contribution in [0.2, 0.25) is 0 Å². The summed E-state index contributed by atoms with van der Waals surface area (Å²) in [6.45, 7) is 4.29.